The van der Waals surface area contributed by atoms with Gasteiger partial charge in [0, 0.05) is 23.5 Å². The fourth-order valence-corrected chi connectivity index (χ4v) is 2.62. The molecule has 3 heteroatoms. The van der Waals surface area contributed by atoms with E-state index in [0.717, 1.165) is 29.1 Å². The maximum absolute atomic E-state index is 14.1. The summed E-state index contributed by atoms with van der Waals surface area (Å²) in [5, 5.41) is 4.14. The van der Waals surface area contributed by atoms with Crippen molar-refractivity contribution in [2.24, 2.45) is 0 Å². The van der Waals surface area contributed by atoms with Gasteiger partial charge in [0.25, 0.3) is 0 Å². The van der Waals surface area contributed by atoms with Crippen LogP contribution < -0.4 is 5.32 Å². The van der Waals surface area contributed by atoms with Crippen LogP contribution in [-0.2, 0) is 6.42 Å². The molecule has 1 atom stereocenters. The zero-order chi connectivity index (χ0) is 15.2. The molecule has 2 aromatic carbocycles. The molecule has 0 spiro atoms. The van der Waals surface area contributed by atoms with Crippen molar-refractivity contribution >= 4 is 11.6 Å². The van der Waals surface area contributed by atoms with Crippen LogP contribution in [0.2, 0.25) is 5.02 Å². The Bertz CT molecular complexity index is 583. The minimum Gasteiger partial charge on any atom is -0.314 e. The van der Waals surface area contributed by atoms with Crippen LogP contribution in [0, 0.1) is 5.82 Å². The fraction of sp³-hybridized carbons (Fsp3) is 0.333. The summed E-state index contributed by atoms with van der Waals surface area (Å²) in [6, 6.07) is 15.1. The van der Waals surface area contributed by atoms with E-state index in [1.165, 1.54) is 6.07 Å². The topological polar surface area (TPSA) is 12.0 Å². The monoisotopic (exact) mass is 305 g/mol. The second-order valence-electron chi connectivity index (χ2n) is 5.58. The molecule has 0 aliphatic rings. The van der Waals surface area contributed by atoms with Gasteiger partial charge in [-0.15, -0.1) is 0 Å². The van der Waals surface area contributed by atoms with Crippen LogP contribution in [0.15, 0.2) is 48.5 Å². The third kappa shape index (κ3) is 4.55. The number of benzene rings is 2. The quantitative estimate of drug-likeness (QED) is 0.808. The Morgan fingerprint density at radius 1 is 1.05 bits per heavy atom. The fourth-order valence-electron chi connectivity index (χ4n) is 2.41. The molecule has 1 N–H and O–H groups in total. The van der Waals surface area contributed by atoms with Crippen LogP contribution in [0.3, 0.4) is 0 Å². The Hall–Kier alpha value is -1.38. The molecule has 2 aromatic rings. The lowest BCUT2D eigenvalue weighted by Crippen LogP contribution is -2.29. The van der Waals surface area contributed by atoms with Crippen LogP contribution in [0.4, 0.5) is 4.39 Å². The zero-order valence-corrected chi connectivity index (χ0v) is 13.2. The molecular formula is C18H21ClFN. The van der Waals surface area contributed by atoms with Gasteiger partial charge in [0.15, 0.2) is 0 Å². The van der Waals surface area contributed by atoms with Gasteiger partial charge in [-0.2, -0.15) is 0 Å². The molecule has 0 bridgehead atoms. The van der Waals surface area contributed by atoms with Gasteiger partial charge in [0.05, 0.1) is 0 Å². The summed E-state index contributed by atoms with van der Waals surface area (Å²) < 4.78 is 14.1. The van der Waals surface area contributed by atoms with Gasteiger partial charge in [0.1, 0.15) is 5.82 Å². The lowest BCUT2D eigenvalue weighted by molar-refractivity contribution is 0.505. The summed E-state index contributed by atoms with van der Waals surface area (Å²) in [5.41, 5.74) is 1.79. The van der Waals surface area contributed by atoms with Crippen molar-refractivity contribution < 1.29 is 4.39 Å². The first-order valence-electron chi connectivity index (χ1n) is 7.29. The Morgan fingerprint density at radius 2 is 1.71 bits per heavy atom. The molecule has 2 rings (SSSR count). The van der Waals surface area contributed by atoms with Crippen LogP contribution in [0.1, 0.15) is 30.9 Å². The maximum atomic E-state index is 14.1. The van der Waals surface area contributed by atoms with Gasteiger partial charge >= 0.3 is 0 Å². The Labute approximate surface area is 131 Å². The summed E-state index contributed by atoms with van der Waals surface area (Å²) in [5.74, 6) is -0.0893. The summed E-state index contributed by atoms with van der Waals surface area (Å²) in [6.45, 7) is 4.91. The third-order valence-electron chi connectivity index (χ3n) is 3.54. The highest BCUT2D eigenvalue weighted by Crippen LogP contribution is 2.26. The minimum absolute atomic E-state index is 0.0634. The minimum atomic E-state index is -0.153. The molecule has 1 unspecified atom stereocenters. The smallest absolute Gasteiger partial charge is 0.126 e. The lowest BCUT2D eigenvalue weighted by atomic mass is 9.91. The molecule has 0 aliphatic heterocycles. The molecule has 21 heavy (non-hydrogen) atoms. The normalized spacial score (nSPS) is 12.6. The van der Waals surface area contributed by atoms with E-state index in [4.69, 9.17) is 11.6 Å². The number of rotatable bonds is 6. The Morgan fingerprint density at radius 3 is 2.38 bits per heavy atom. The van der Waals surface area contributed by atoms with E-state index in [9.17, 15) is 4.39 Å². The first kappa shape index (κ1) is 16.0. The molecule has 0 heterocycles. The van der Waals surface area contributed by atoms with Crippen molar-refractivity contribution in [1.29, 1.82) is 0 Å². The van der Waals surface area contributed by atoms with E-state index in [2.05, 4.69) is 19.2 Å². The van der Waals surface area contributed by atoms with Crippen molar-refractivity contribution in [3.63, 3.8) is 0 Å². The van der Waals surface area contributed by atoms with Crippen molar-refractivity contribution in [1.82, 2.24) is 5.32 Å². The molecule has 0 saturated carbocycles. The first-order chi connectivity index (χ1) is 10.1. The highest BCUT2D eigenvalue weighted by atomic mass is 35.5. The molecule has 0 amide bonds. The van der Waals surface area contributed by atoms with E-state index in [0.29, 0.717) is 6.04 Å². The average molecular weight is 306 g/mol. The average Bonchev–Trinajstić information content (AvgIpc) is 2.46. The summed E-state index contributed by atoms with van der Waals surface area (Å²) in [4.78, 5) is 0. The van der Waals surface area contributed by atoms with Crippen LogP contribution >= 0.6 is 11.6 Å². The van der Waals surface area contributed by atoms with Crippen molar-refractivity contribution in [2.75, 3.05) is 6.54 Å². The van der Waals surface area contributed by atoms with Crippen molar-refractivity contribution in [3.05, 3.63) is 70.5 Å². The predicted octanol–water partition coefficient (Wildman–Crippen LogP) is 4.80. The number of hydrogen-bond donors (Lipinski definition) is 1. The summed E-state index contributed by atoms with van der Waals surface area (Å²) in [7, 11) is 0. The summed E-state index contributed by atoms with van der Waals surface area (Å²) >= 11 is 6.24. The molecular weight excluding hydrogens is 285 g/mol. The SMILES string of the molecule is CC(C)NCC(Cc1ccccc1Cl)c1ccccc1F. The molecule has 0 aliphatic carbocycles. The first-order valence-corrected chi connectivity index (χ1v) is 7.67. The lowest BCUT2D eigenvalue weighted by Gasteiger charge is -2.21. The summed E-state index contributed by atoms with van der Waals surface area (Å²) in [6.07, 6.45) is 0.723. The van der Waals surface area contributed by atoms with Gasteiger partial charge in [-0.25, -0.2) is 4.39 Å². The van der Waals surface area contributed by atoms with E-state index in [1.807, 2.05) is 36.4 Å². The van der Waals surface area contributed by atoms with Crippen LogP contribution in [0.25, 0.3) is 0 Å². The third-order valence-corrected chi connectivity index (χ3v) is 3.91. The van der Waals surface area contributed by atoms with Crippen molar-refractivity contribution in [2.45, 2.75) is 32.2 Å². The van der Waals surface area contributed by atoms with Crippen LogP contribution in [0.5, 0.6) is 0 Å². The van der Waals surface area contributed by atoms with E-state index in [1.54, 1.807) is 6.07 Å². The second-order valence-corrected chi connectivity index (χ2v) is 5.98. The Balaban J connectivity index is 2.24. The van der Waals surface area contributed by atoms with Gasteiger partial charge in [-0.3, -0.25) is 0 Å². The Kier molecular flexibility index (Phi) is 5.77. The zero-order valence-electron chi connectivity index (χ0n) is 12.4. The van der Waals surface area contributed by atoms with E-state index in [-0.39, 0.29) is 11.7 Å². The van der Waals surface area contributed by atoms with Crippen LogP contribution in [-0.4, -0.2) is 12.6 Å². The second kappa shape index (κ2) is 7.58. The predicted molar refractivity (Wildman–Crippen MR) is 87.4 cm³/mol. The molecule has 0 aromatic heterocycles. The largest absolute Gasteiger partial charge is 0.314 e. The van der Waals surface area contributed by atoms with E-state index >= 15 is 0 Å². The number of halogens is 2. The highest BCUT2D eigenvalue weighted by Gasteiger charge is 2.17. The van der Waals surface area contributed by atoms with Crippen molar-refractivity contribution in [3.8, 4) is 0 Å². The number of hydrogen-bond acceptors (Lipinski definition) is 1. The molecule has 0 saturated heterocycles. The number of nitrogens with one attached hydrogen (secondary N) is 1. The molecule has 112 valence electrons. The highest BCUT2D eigenvalue weighted by molar-refractivity contribution is 6.31. The van der Waals surface area contributed by atoms with Gasteiger partial charge in [0.2, 0.25) is 0 Å². The van der Waals surface area contributed by atoms with E-state index < -0.39 is 0 Å². The maximum Gasteiger partial charge on any atom is 0.126 e. The van der Waals surface area contributed by atoms with Gasteiger partial charge in [-0.05, 0) is 29.7 Å². The molecule has 0 radical (unpaired) electrons. The van der Waals surface area contributed by atoms with Gasteiger partial charge in [-0.1, -0.05) is 61.8 Å². The molecule has 1 nitrogen and oxygen atoms in total. The standard InChI is InChI=1S/C18H21ClFN/c1-13(2)21-12-15(16-8-4-6-10-18(16)20)11-14-7-3-5-9-17(14)19/h3-10,13,15,21H,11-12H2,1-2H3. The van der Waals surface area contributed by atoms with Gasteiger partial charge < -0.3 is 5.32 Å². The molecule has 0 fully saturated rings.